The number of furan rings is 1. The highest BCUT2D eigenvalue weighted by Crippen LogP contribution is 2.28. The number of esters is 1. The molecule has 0 aliphatic heterocycles. The fourth-order valence-corrected chi connectivity index (χ4v) is 2.97. The van der Waals surface area contributed by atoms with Gasteiger partial charge in [-0.15, -0.1) is 0 Å². The highest BCUT2D eigenvalue weighted by Gasteiger charge is 2.19. The number of carbonyl (C=O) groups is 2. The quantitative estimate of drug-likeness (QED) is 0.312. The molecule has 3 aromatic rings. The molecule has 3 rings (SSSR count). The van der Waals surface area contributed by atoms with E-state index in [1.54, 1.807) is 70.2 Å². The van der Waals surface area contributed by atoms with Crippen molar-refractivity contribution in [3.63, 3.8) is 0 Å². The van der Waals surface area contributed by atoms with Crippen LogP contribution >= 0.6 is 0 Å². The lowest BCUT2D eigenvalue weighted by atomic mass is 10.1. The van der Waals surface area contributed by atoms with E-state index >= 15 is 0 Å². The van der Waals surface area contributed by atoms with Gasteiger partial charge >= 0.3 is 5.97 Å². The van der Waals surface area contributed by atoms with Crippen LogP contribution in [0.25, 0.3) is 10.8 Å². The van der Waals surface area contributed by atoms with Gasteiger partial charge in [0, 0.05) is 22.0 Å². The van der Waals surface area contributed by atoms with E-state index in [2.05, 4.69) is 5.32 Å². The van der Waals surface area contributed by atoms with E-state index in [0.29, 0.717) is 28.1 Å². The fourth-order valence-electron chi connectivity index (χ4n) is 2.97. The lowest BCUT2D eigenvalue weighted by molar-refractivity contribution is -0.157. The normalized spacial score (nSPS) is 11.2. The Labute approximate surface area is 179 Å². The van der Waals surface area contributed by atoms with Crippen molar-refractivity contribution in [2.45, 2.75) is 33.3 Å². The Hall–Kier alpha value is -3.81. The van der Waals surface area contributed by atoms with Crippen molar-refractivity contribution in [1.29, 1.82) is 5.41 Å². The molecule has 0 unspecified atom stereocenters. The van der Waals surface area contributed by atoms with E-state index in [9.17, 15) is 9.59 Å². The Balaban J connectivity index is 1.67. The summed E-state index contributed by atoms with van der Waals surface area (Å²) in [6, 6.07) is 11.7. The molecule has 0 spiro atoms. The van der Waals surface area contributed by atoms with Crippen LogP contribution in [0, 0.1) is 12.3 Å². The molecule has 0 aliphatic rings. The molecule has 31 heavy (non-hydrogen) atoms. The van der Waals surface area contributed by atoms with Crippen molar-refractivity contribution < 1.29 is 23.5 Å². The molecule has 0 radical (unpaired) electrons. The van der Waals surface area contributed by atoms with Gasteiger partial charge in [0.25, 0.3) is 5.91 Å². The second-order valence-electron chi connectivity index (χ2n) is 8.02. The highest BCUT2D eigenvalue weighted by molar-refractivity contribution is 6.12. The third kappa shape index (κ3) is 5.42. The molecule has 8 nitrogen and oxygen atoms in total. The van der Waals surface area contributed by atoms with Crippen LogP contribution in [-0.4, -0.2) is 29.9 Å². The van der Waals surface area contributed by atoms with Crippen molar-refractivity contribution >= 4 is 34.2 Å². The van der Waals surface area contributed by atoms with Gasteiger partial charge in [-0.05, 0) is 64.1 Å². The minimum atomic E-state index is -0.573. The molecule has 0 atom stereocenters. The van der Waals surface area contributed by atoms with Gasteiger partial charge in [0.05, 0.1) is 0 Å². The molecule has 162 valence electrons. The minimum absolute atomic E-state index is 0.0533. The van der Waals surface area contributed by atoms with Crippen LogP contribution in [0.1, 0.15) is 42.6 Å². The Kier molecular flexibility index (Phi) is 6.01. The number of amidine groups is 1. The zero-order chi connectivity index (χ0) is 22.8. The number of benzene rings is 2. The predicted molar refractivity (Wildman–Crippen MR) is 118 cm³/mol. The summed E-state index contributed by atoms with van der Waals surface area (Å²) < 4.78 is 16.3. The first-order valence-corrected chi connectivity index (χ1v) is 9.67. The number of carbonyl (C=O) groups excluding carboxylic acids is 2. The third-order valence-corrected chi connectivity index (χ3v) is 4.30. The summed E-state index contributed by atoms with van der Waals surface area (Å²) in [6.45, 7) is 6.90. The van der Waals surface area contributed by atoms with E-state index < -0.39 is 17.5 Å². The predicted octanol–water partition coefficient (Wildman–Crippen LogP) is 4.00. The van der Waals surface area contributed by atoms with E-state index in [0.717, 1.165) is 5.39 Å². The van der Waals surface area contributed by atoms with Crippen LogP contribution in [0.2, 0.25) is 0 Å². The number of ether oxygens (including phenoxy) is 2. The molecular formula is C23H25N3O5. The molecule has 0 fully saturated rings. The Morgan fingerprint density at radius 3 is 2.39 bits per heavy atom. The molecule has 0 bridgehead atoms. The standard InChI is InChI=1S/C23H25N3O5/c1-13-18-11-14(21(24)25)5-10-17(18)20(30-13)22(28)26-15-6-8-16(9-7-15)29-12-19(27)31-23(2,3)4/h5-11H,12H2,1-4H3,(H3,24,25)(H,26,28). The highest BCUT2D eigenvalue weighted by atomic mass is 16.6. The number of hydrogen-bond donors (Lipinski definition) is 3. The Bertz CT molecular complexity index is 1140. The topological polar surface area (TPSA) is 128 Å². The Morgan fingerprint density at radius 1 is 1.10 bits per heavy atom. The third-order valence-electron chi connectivity index (χ3n) is 4.30. The number of nitrogens with one attached hydrogen (secondary N) is 2. The van der Waals surface area contributed by atoms with E-state index in [4.69, 9.17) is 25.0 Å². The summed E-state index contributed by atoms with van der Waals surface area (Å²) in [6.07, 6.45) is 0. The average Bonchev–Trinajstić information content (AvgIpc) is 3.02. The molecule has 0 saturated carbocycles. The number of fused-ring (bicyclic) bond motifs is 1. The van der Waals surface area contributed by atoms with Crippen LogP contribution in [0.5, 0.6) is 5.75 Å². The van der Waals surface area contributed by atoms with Crippen LogP contribution in [0.15, 0.2) is 46.9 Å². The van der Waals surface area contributed by atoms with Gasteiger partial charge in [-0.1, -0.05) is 6.07 Å². The Morgan fingerprint density at radius 2 is 1.77 bits per heavy atom. The van der Waals surface area contributed by atoms with E-state index in [1.165, 1.54) is 0 Å². The molecule has 0 saturated heterocycles. The van der Waals surface area contributed by atoms with Crippen LogP contribution < -0.4 is 15.8 Å². The fraction of sp³-hybridized carbons (Fsp3) is 0.261. The first-order chi connectivity index (χ1) is 14.5. The number of hydrogen-bond acceptors (Lipinski definition) is 6. The monoisotopic (exact) mass is 423 g/mol. The summed E-state index contributed by atoms with van der Waals surface area (Å²) in [7, 11) is 0. The first kappa shape index (κ1) is 21.9. The van der Waals surface area contributed by atoms with E-state index in [1.807, 2.05) is 0 Å². The lowest BCUT2D eigenvalue weighted by Gasteiger charge is -2.19. The second kappa shape index (κ2) is 8.51. The maximum absolute atomic E-state index is 12.7. The number of nitrogen functional groups attached to an aromatic ring is 1. The van der Waals surface area contributed by atoms with Gasteiger partial charge in [0.15, 0.2) is 12.4 Å². The summed E-state index contributed by atoms with van der Waals surface area (Å²) >= 11 is 0. The first-order valence-electron chi connectivity index (χ1n) is 9.67. The number of amides is 1. The number of aryl methyl sites for hydroxylation is 1. The molecule has 0 aliphatic carbocycles. The molecule has 4 N–H and O–H groups in total. The van der Waals surface area contributed by atoms with Crippen molar-refractivity contribution in [3.8, 4) is 5.75 Å². The van der Waals surface area contributed by atoms with Crippen LogP contribution in [0.4, 0.5) is 5.69 Å². The zero-order valence-electron chi connectivity index (χ0n) is 17.9. The lowest BCUT2D eigenvalue weighted by Crippen LogP contribution is -2.27. The number of anilines is 1. The number of nitrogens with two attached hydrogens (primary N) is 1. The molecule has 2 aromatic carbocycles. The SMILES string of the molecule is Cc1oc(C(=O)Nc2ccc(OCC(=O)OC(C)(C)C)cc2)c2ccc(C(=N)N)cc12. The maximum Gasteiger partial charge on any atom is 0.344 e. The second-order valence-corrected chi connectivity index (χ2v) is 8.02. The minimum Gasteiger partial charge on any atom is -0.482 e. The molecule has 1 heterocycles. The summed E-state index contributed by atoms with van der Waals surface area (Å²) in [5, 5.41) is 11.7. The van der Waals surface area contributed by atoms with Gasteiger partial charge in [0.2, 0.25) is 0 Å². The summed E-state index contributed by atoms with van der Waals surface area (Å²) in [5.74, 6) is 0.290. The number of rotatable bonds is 6. The van der Waals surface area contributed by atoms with Crippen molar-refractivity contribution in [1.82, 2.24) is 0 Å². The van der Waals surface area contributed by atoms with E-state index in [-0.39, 0.29) is 18.2 Å². The van der Waals surface area contributed by atoms with Crippen LogP contribution in [-0.2, 0) is 9.53 Å². The molecule has 8 heteroatoms. The average molecular weight is 423 g/mol. The zero-order valence-corrected chi connectivity index (χ0v) is 17.9. The smallest absolute Gasteiger partial charge is 0.344 e. The van der Waals surface area contributed by atoms with Gasteiger partial charge in [-0.2, -0.15) is 0 Å². The summed E-state index contributed by atoms with van der Waals surface area (Å²) in [5.41, 5.74) is 6.06. The molecule has 1 amide bonds. The van der Waals surface area contributed by atoms with Gasteiger partial charge in [-0.25, -0.2) is 4.79 Å². The van der Waals surface area contributed by atoms with Gasteiger partial charge < -0.3 is 24.9 Å². The van der Waals surface area contributed by atoms with Crippen molar-refractivity contribution in [2.75, 3.05) is 11.9 Å². The van der Waals surface area contributed by atoms with Crippen molar-refractivity contribution in [2.24, 2.45) is 5.73 Å². The molecular weight excluding hydrogens is 398 g/mol. The maximum atomic E-state index is 12.7. The summed E-state index contributed by atoms with van der Waals surface area (Å²) in [4.78, 5) is 24.5. The van der Waals surface area contributed by atoms with Crippen molar-refractivity contribution in [3.05, 3.63) is 59.5 Å². The van der Waals surface area contributed by atoms with Gasteiger partial charge in [0.1, 0.15) is 22.9 Å². The van der Waals surface area contributed by atoms with Gasteiger partial charge in [-0.3, -0.25) is 10.2 Å². The molecule has 1 aromatic heterocycles. The van der Waals surface area contributed by atoms with Crippen LogP contribution in [0.3, 0.4) is 0 Å². The largest absolute Gasteiger partial charge is 0.482 e.